The lowest BCUT2D eigenvalue weighted by Gasteiger charge is -2.22. The first-order chi connectivity index (χ1) is 25.0. The van der Waals surface area contributed by atoms with Crippen LogP contribution in [0.4, 0.5) is 0 Å². The lowest BCUT2D eigenvalue weighted by atomic mass is 9.81. The number of para-hydroxylation sites is 2. The number of benzene rings is 7. The predicted octanol–water partition coefficient (Wildman–Crippen LogP) is 12.7. The van der Waals surface area contributed by atoms with Crippen LogP contribution in [0.2, 0.25) is 0 Å². The Labute approximate surface area is 299 Å². The van der Waals surface area contributed by atoms with Crippen molar-refractivity contribution in [2.75, 3.05) is 0 Å². The fraction of sp³-hybridized carbons (Fsp3) is 0.0638. The molecule has 0 atom stereocenters. The van der Waals surface area contributed by atoms with Crippen LogP contribution in [-0.2, 0) is 5.41 Å². The van der Waals surface area contributed by atoms with Gasteiger partial charge in [-0.2, -0.15) is 0 Å². The molecule has 3 aromatic heterocycles. The largest absolute Gasteiger partial charge is 0.277 e. The first-order valence-electron chi connectivity index (χ1n) is 17.5. The van der Waals surface area contributed by atoms with E-state index in [2.05, 4.69) is 170 Å². The normalized spacial score (nSPS) is 13.5. The summed E-state index contributed by atoms with van der Waals surface area (Å²) in [5, 5.41) is 5.98. The molecule has 0 bridgehead atoms. The molecule has 0 N–H and O–H groups in total. The zero-order valence-electron chi connectivity index (χ0n) is 28.2. The molecular formula is C47H31N3S. The van der Waals surface area contributed by atoms with Crippen molar-refractivity contribution in [2.24, 2.45) is 0 Å². The molecule has 240 valence electrons. The predicted molar refractivity (Wildman–Crippen MR) is 215 cm³/mol. The molecule has 0 fully saturated rings. The summed E-state index contributed by atoms with van der Waals surface area (Å²) in [6, 6.07) is 55.0. The van der Waals surface area contributed by atoms with Crippen molar-refractivity contribution in [3.8, 4) is 39.5 Å². The van der Waals surface area contributed by atoms with Gasteiger partial charge in [0.05, 0.1) is 22.2 Å². The van der Waals surface area contributed by atoms with Gasteiger partial charge < -0.3 is 0 Å². The van der Waals surface area contributed by atoms with Gasteiger partial charge in [0.1, 0.15) is 0 Å². The maximum atomic E-state index is 5.43. The first-order valence-corrected chi connectivity index (χ1v) is 18.3. The summed E-state index contributed by atoms with van der Waals surface area (Å²) in [6.07, 6.45) is 0. The molecule has 7 aromatic carbocycles. The van der Waals surface area contributed by atoms with E-state index in [0.29, 0.717) is 5.95 Å². The van der Waals surface area contributed by atoms with Gasteiger partial charge in [-0.05, 0) is 63.7 Å². The molecule has 0 radical (unpaired) electrons. The smallest absolute Gasteiger partial charge is 0.235 e. The van der Waals surface area contributed by atoms with E-state index < -0.39 is 0 Å². The fourth-order valence-corrected chi connectivity index (χ4v) is 9.67. The Balaban J connectivity index is 1.10. The molecule has 0 spiro atoms. The van der Waals surface area contributed by atoms with Crippen molar-refractivity contribution in [1.29, 1.82) is 0 Å². The van der Waals surface area contributed by atoms with Crippen LogP contribution >= 0.6 is 11.3 Å². The Hall–Kier alpha value is -6.10. The minimum Gasteiger partial charge on any atom is -0.277 e. The third kappa shape index (κ3) is 4.05. The van der Waals surface area contributed by atoms with E-state index >= 15 is 0 Å². The van der Waals surface area contributed by atoms with Crippen LogP contribution in [0, 0.1) is 0 Å². The summed E-state index contributed by atoms with van der Waals surface area (Å²) in [7, 11) is 0. The summed E-state index contributed by atoms with van der Waals surface area (Å²) in [5.74, 6) is 0.683. The Morgan fingerprint density at radius 1 is 0.510 bits per heavy atom. The number of fused-ring (bicyclic) bond motifs is 11. The van der Waals surface area contributed by atoms with Crippen molar-refractivity contribution < 1.29 is 0 Å². The Morgan fingerprint density at radius 2 is 1.20 bits per heavy atom. The van der Waals surface area contributed by atoms with Crippen LogP contribution in [0.25, 0.3) is 92.3 Å². The summed E-state index contributed by atoms with van der Waals surface area (Å²) in [4.78, 5) is 10.7. The molecule has 11 rings (SSSR count). The Bertz CT molecular complexity index is 3050. The van der Waals surface area contributed by atoms with E-state index in [0.717, 1.165) is 33.2 Å². The van der Waals surface area contributed by atoms with Gasteiger partial charge in [-0.15, -0.1) is 11.3 Å². The summed E-state index contributed by atoms with van der Waals surface area (Å²) in [6.45, 7) is 4.68. The highest BCUT2D eigenvalue weighted by Crippen LogP contribution is 2.49. The van der Waals surface area contributed by atoms with Crippen molar-refractivity contribution in [3.63, 3.8) is 0 Å². The molecule has 0 saturated heterocycles. The highest BCUT2D eigenvalue weighted by molar-refractivity contribution is 7.26. The molecule has 3 nitrogen and oxygen atoms in total. The van der Waals surface area contributed by atoms with E-state index in [1.807, 2.05) is 11.3 Å². The number of hydrogen-bond donors (Lipinski definition) is 0. The fourth-order valence-electron chi connectivity index (χ4n) is 8.56. The van der Waals surface area contributed by atoms with Crippen LogP contribution < -0.4 is 0 Å². The highest BCUT2D eigenvalue weighted by Gasteiger charge is 2.35. The molecule has 4 heteroatoms. The lowest BCUT2D eigenvalue weighted by Crippen LogP contribution is -2.14. The van der Waals surface area contributed by atoms with E-state index in [1.165, 1.54) is 64.3 Å². The Kier molecular flexibility index (Phi) is 5.89. The second-order valence-electron chi connectivity index (χ2n) is 14.2. The Morgan fingerprint density at radius 3 is 2.08 bits per heavy atom. The second kappa shape index (κ2) is 10.5. The van der Waals surface area contributed by atoms with Crippen molar-refractivity contribution in [1.82, 2.24) is 14.5 Å². The van der Waals surface area contributed by atoms with Gasteiger partial charge in [-0.25, -0.2) is 9.97 Å². The first kappa shape index (κ1) is 28.7. The SMILES string of the molecule is CC1(C)c2ccccc2-c2ccc(-c3ccc(-c4nc(-n5c6ccccc6c6ccc7sc8ccccc8c7c65)nc5ccccc45)cc3)cc21. The topological polar surface area (TPSA) is 30.7 Å². The van der Waals surface area contributed by atoms with E-state index in [-0.39, 0.29) is 5.41 Å². The van der Waals surface area contributed by atoms with Gasteiger partial charge in [0.15, 0.2) is 0 Å². The number of rotatable bonds is 3. The maximum Gasteiger partial charge on any atom is 0.235 e. The van der Waals surface area contributed by atoms with Gasteiger partial charge in [-0.3, -0.25) is 4.57 Å². The summed E-state index contributed by atoms with van der Waals surface area (Å²) < 4.78 is 4.84. The average Bonchev–Trinajstić information content (AvgIpc) is 3.80. The molecular weight excluding hydrogens is 639 g/mol. The van der Waals surface area contributed by atoms with Gasteiger partial charge >= 0.3 is 0 Å². The third-order valence-electron chi connectivity index (χ3n) is 11.0. The monoisotopic (exact) mass is 669 g/mol. The summed E-state index contributed by atoms with van der Waals surface area (Å²) >= 11 is 1.84. The second-order valence-corrected chi connectivity index (χ2v) is 15.3. The average molecular weight is 670 g/mol. The quantitative estimate of drug-likeness (QED) is 0.187. The van der Waals surface area contributed by atoms with Crippen LogP contribution in [0.3, 0.4) is 0 Å². The number of aromatic nitrogens is 3. The maximum absolute atomic E-state index is 5.43. The molecule has 1 aliphatic carbocycles. The minimum atomic E-state index is -0.0359. The van der Waals surface area contributed by atoms with Crippen LogP contribution in [0.1, 0.15) is 25.0 Å². The number of nitrogens with zero attached hydrogens (tertiary/aromatic N) is 3. The van der Waals surface area contributed by atoms with Gasteiger partial charge in [-0.1, -0.05) is 135 Å². The standard InChI is InChI=1S/C47H31N3S/c1-47(2)37-15-7-3-11-31(37)32-24-23-30(27-38(32)47)28-19-21-29(22-20-28)44-35-13-4-8-16-39(35)48-46(49-44)50-40-17-9-5-12-33(40)34-25-26-42-43(45(34)50)36-14-6-10-18-41(36)51-42/h3-27H,1-2H3. The van der Waals surface area contributed by atoms with Crippen molar-refractivity contribution >= 4 is 64.2 Å². The van der Waals surface area contributed by atoms with E-state index in [4.69, 9.17) is 9.97 Å². The van der Waals surface area contributed by atoms with Crippen LogP contribution in [-0.4, -0.2) is 14.5 Å². The zero-order chi connectivity index (χ0) is 33.8. The van der Waals surface area contributed by atoms with Crippen LogP contribution in [0.15, 0.2) is 152 Å². The molecule has 51 heavy (non-hydrogen) atoms. The third-order valence-corrected chi connectivity index (χ3v) is 12.2. The minimum absolute atomic E-state index is 0.0359. The number of thiophene rings is 1. The van der Waals surface area contributed by atoms with Crippen molar-refractivity contribution in [2.45, 2.75) is 19.3 Å². The van der Waals surface area contributed by atoms with Gasteiger partial charge in [0.25, 0.3) is 0 Å². The molecule has 1 aliphatic rings. The molecule has 0 unspecified atom stereocenters. The zero-order valence-corrected chi connectivity index (χ0v) is 29.0. The molecule has 0 amide bonds. The number of hydrogen-bond acceptors (Lipinski definition) is 3. The summed E-state index contributed by atoms with van der Waals surface area (Å²) in [5.41, 5.74) is 13.0. The molecule has 3 heterocycles. The molecule has 10 aromatic rings. The molecule has 0 aliphatic heterocycles. The van der Waals surface area contributed by atoms with Crippen LogP contribution in [0.5, 0.6) is 0 Å². The van der Waals surface area contributed by atoms with Crippen molar-refractivity contribution in [3.05, 3.63) is 163 Å². The van der Waals surface area contributed by atoms with E-state index in [1.54, 1.807) is 0 Å². The van der Waals surface area contributed by atoms with Gasteiger partial charge in [0.2, 0.25) is 5.95 Å². The lowest BCUT2D eigenvalue weighted by molar-refractivity contribution is 0.660. The van der Waals surface area contributed by atoms with Gasteiger partial charge in [0, 0.05) is 47.3 Å². The van der Waals surface area contributed by atoms with E-state index in [9.17, 15) is 0 Å². The molecule has 0 saturated carbocycles. The highest BCUT2D eigenvalue weighted by atomic mass is 32.1.